The summed E-state index contributed by atoms with van der Waals surface area (Å²) in [5, 5.41) is 84.9. The first-order chi connectivity index (χ1) is 15.9. The Kier molecular flexibility index (Phi) is 158. The van der Waals surface area contributed by atoms with E-state index in [0.717, 1.165) is 6.92 Å². The number of hydrogen-bond acceptors (Lipinski definition) is 23. The number of aliphatic hydroxyl groups excluding tert-OH is 1. The fraction of sp³-hybridized carbons (Fsp3) is 0.500. The SMILES string of the molecule is CC(O)C(=O)[O-].Cl.Cl.N.N.N.O=C(O)O.O=C([O-])CC(O)(CC(=O)[O-])C(=O)[O-].O=S(=O)(O)O.O=S(=O)([O-])[O-].O=[N+]([O-])[O-].[Na+].[Na+].[Na+].[Na+].[Na+].[Na+].[Na+]. The molecule has 39 heteroatoms. The molecule has 15 N–H and O–H groups in total. The van der Waals surface area contributed by atoms with Crippen molar-refractivity contribution in [2.75, 3.05) is 0 Å². The van der Waals surface area contributed by atoms with Gasteiger partial charge in [0.15, 0.2) is 0 Å². The fourth-order valence-electron chi connectivity index (χ4n) is 0.684. The Morgan fingerprint density at radius 2 is 0.796 bits per heavy atom. The zero-order valence-electron chi connectivity index (χ0n) is 27.2. The summed E-state index contributed by atoms with van der Waals surface area (Å²) in [5.41, 5.74) is -2.97. The molecule has 1 atom stereocenters. The predicted octanol–water partition coefficient (Wildman–Crippen LogP) is -28.8. The Hall–Kier alpha value is 3.47. The number of rotatable bonds is 6. The van der Waals surface area contributed by atoms with Crippen molar-refractivity contribution in [3.63, 3.8) is 0 Å². The van der Waals surface area contributed by atoms with Crippen LogP contribution >= 0.6 is 24.8 Å². The zero-order chi connectivity index (χ0) is 32.0. The Bertz CT molecular complexity index is 903. The van der Waals surface area contributed by atoms with E-state index in [1.54, 1.807) is 0 Å². The van der Waals surface area contributed by atoms with Crippen molar-refractivity contribution in [2.24, 2.45) is 0 Å². The summed E-state index contributed by atoms with van der Waals surface area (Å²) >= 11 is 0. The van der Waals surface area contributed by atoms with Crippen LogP contribution in [-0.2, 0) is 40.0 Å². The molecule has 0 aliphatic carbocycles. The number of nitrogens with zero attached hydrogens (tertiary/aromatic N) is 1. The molecule has 0 saturated carbocycles. The van der Waals surface area contributed by atoms with Gasteiger partial charge < -0.3 is 103 Å². The van der Waals surface area contributed by atoms with Gasteiger partial charge in [0.2, 0.25) is 0 Å². The average molecular weight is 881 g/mol. The predicted molar refractivity (Wildman–Crippen MR) is 121 cm³/mol. The van der Waals surface area contributed by atoms with Gasteiger partial charge in [0.1, 0.15) is 5.60 Å². The molecule has 0 aromatic rings. The first kappa shape index (κ1) is 117. The summed E-state index contributed by atoms with van der Waals surface area (Å²) in [6, 6.07) is 0. The minimum Gasteiger partial charge on any atom is -0.759 e. The zero-order valence-corrected chi connectivity index (χ0v) is 44.5. The standard InChI is InChI=1S/C6H8O7.C3H6O3.CH2O3.2ClH.NO3.3H3N.7Na.2H2O4S/c7-3(8)1-6(13,5(11)12)2-4(9)10;1-2(4)3(5)6;2-1(3)4;;;2-1(3)4;;;;;;;;;;;2*1-5(2,3)4/h13H,1-2H2,(H,7,8)(H,9,10)(H,11,12);2,4H,1H3,(H,5,6);(H2,2,3,4);2*1H;;3*1H3;;;;;;;;2*(H2,1,2,3,4)/q;;;;;-1;;;;7*+1;;/p-6. The summed E-state index contributed by atoms with van der Waals surface area (Å²) in [5.74, 6) is -7.42. The quantitative estimate of drug-likeness (QED) is 0.0393. The first-order valence-electron chi connectivity index (χ1n) is 7.21. The van der Waals surface area contributed by atoms with Crippen LogP contribution in [0.3, 0.4) is 0 Å². The fourth-order valence-corrected chi connectivity index (χ4v) is 0.684. The molecule has 49 heavy (non-hydrogen) atoms. The molecular formula is C10H25Cl2N4Na7O24S2. The second-order valence-corrected chi connectivity index (χ2v) is 6.49. The van der Waals surface area contributed by atoms with Crippen LogP contribution in [0.2, 0.25) is 0 Å². The summed E-state index contributed by atoms with van der Waals surface area (Å²) in [6.45, 7) is 1.13. The molecule has 0 amide bonds. The summed E-state index contributed by atoms with van der Waals surface area (Å²) < 4.78 is 65.7. The van der Waals surface area contributed by atoms with Gasteiger partial charge in [-0.25, -0.2) is 4.79 Å². The van der Waals surface area contributed by atoms with Gasteiger partial charge in [-0.1, -0.05) is 0 Å². The van der Waals surface area contributed by atoms with Crippen molar-refractivity contribution in [1.82, 2.24) is 18.5 Å². The van der Waals surface area contributed by atoms with Crippen LogP contribution in [-0.4, -0.2) is 102 Å². The number of halogens is 2. The summed E-state index contributed by atoms with van der Waals surface area (Å²) in [4.78, 5) is 56.1. The molecule has 0 aliphatic heterocycles. The number of carbonyl (C=O) groups excluding carboxylic acids is 4. The van der Waals surface area contributed by atoms with E-state index in [4.69, 9.17) is 75.6 Å². The van der Waals surface area contributed by atoms with E-state index in [9.17, 15) is 39.6 Å². The molecule has 0 saturated heterocycles. The van der Waals surface area contributed by atoms with Gasteiger partial charge in [0, 0.05) is 35.2 Å². The normalized spacial score (nSPS) is 7.90. The monoisotopic (exact) mass is 880 g/mol. The third-order valence-electron chi connectivity index (χ3n) is 1.59. The molecule has 0 aromatic carbocycles. The molecule has 0 aromatic heterocycles. The van der Waals surface area contributed by atoms with E-state index in [0.29, 0.717) is 0 Å². The Balaban J connectivity index is -0.0000000148. The van der Waals surface area contributed by atoms with E-state index in [1.165, 1.54) is 0 Å². The average Bonchev–Trinajstić information content (AvgIpc) is 2.48. The van der Waals surface area contributed by atoms with Crippen molar-refractivity contribution in [1.29, 1.82) is 0 Å². The maximum Gasteiger partial charge on any atom is 1.00 e. The second kappa shape index (κ2) is 66.3. The van der Waals surface area contributed by atoms with Crippen LogP contribution in [0.25, 0.3) is 0 Å². The van der Waals surface area contributed by atoms with E-state index in [2.05, 4.69) is 0 Å². The molecule has 0 rings (SSSR count). The van der Waals surface area contributed by atoms with Crippen molar-refractivity contribution < 1.29 is 312 Å². The largest absolute Gasteiger partial charge is 1.00 e. The van der Waals surface area contributed by atoms with E-state index >= 15 is 0 Å². The van der Waals surface area contributed by atoms with Crippen LogP contribution in [0.4, 0.5) is 4.79 Å². The van der Waals surface area contributed by atoms with Gasteiger partial charge in [0.05, 0.1) is 23.1 Å². The van der Waals surface area contributed by atoms with E-state index in [-0.39, 0.29) is 250 Å². The van der Waals surface area contributed by atoms with Crippen molar-refractivity contribution in [2.45, 2.75) is 31.5 Å². The third-order valence-corrected chi connectivity index (χ3v) is 1.59. The maximum atomic E-state index is 10.1. The van der Waals surface area contributed by atoms with Crippen LogP contribution in [0.1, 0.15) is 19.8 Å². The summed E-state index contributed by atoms with van der Waals surface area (Å²) in [6.07, 6.45) is -5.89. The number of carboxylic acid groups (broad SMARTS) is 6. The topological polar surface area (TPSA) is 585 Å². The van der Waals surface area contributed by atoms with E-state index in [1.807, 2.05) is 0 Å². The van der Waals surface area contributed by atoms with Gasteiger partial charge in [-0.3, -0.25) is 17.5 Å². The van der Waals surface area contributed by atoms with Crippen molar-refractivity contribution >= 4 is 75.6 Å². The second-order valence-electron chi connectivity index (χ2n) is 4.77. The van der Waals surface area contributed by atoms with Crippen LogP contribution in [0.5, 0.6) is 0 Å². The van der Waals surface area contributed by atoms with Crippen LogP contribution in [0.15, 0.2) is 0 Å². The molecule has 1 unspecified atom stereocenters. The first-order valence-corrected chi connectivity index (χ1v) is 9.94. The number of hydrogen-bond donors (Lipinski definition) is 9. The van der Waals surface area contributed by atoms with Gasteiger partial charge >= 0.3 is 223 Å². The van der Waals surface area contributed by atoms with Gasteiger partial charge in [-0.05, 0) is 6.92 Å². The molecule has 0 heterocycles. The summed E-state index contributed by atoms with van der Waals surface area (Å²) in [7, 11) is -9.83. The number of carboxylic acids is 4. The van der Waals surface area contributed by atoms with E-state index < -0.39 is 80.5 Å². The Morgan fingerprint density at radius 1 is 0.694 bits per heavy atom. The van der Waals surface area contributed by atoms with Crippen LogP contribution < -0.4 is 246 Å². The molecule has 28 nitrogen and oxygen atoms in total. The molecule has 0 aliphatic rings. The van der Waals surface area contributed by atoms with Crippen molar-refractivity contribution in [3.05, 3.63) is 15.3 Å². The van der Waals surface area contributed by atoms with Crippen LogP contribution in [0, 0.1) is 15.3 Å². The Labute approximate surface area is 444 Å². The number of carbonyl (C=O) groups is 5. The molecule has 0 bridgehead atoms. The smallest absolute Gasteiger partial charge is 0.759 e. The molecule has 0 spiro atoms. The molecule has 262 valence electrons. The van der Waals surface area contributed by atoms with Gasteiger partial charge in [-0.15, -0.1) is 24.8 Å². The van der Waals surface area contributed by atoms with Crippen molar-refractivity contribution in [3.8, 4) is 0 Å². The Morgan fingerprint density at radius 3 is 0.837 bits per heavy atom. The third kappa shape index (κ3) is 229. The molecular weight excluding hydrogens is 856 g/mol. The molecule has 0 fully saturated rings. The minimum absolute atomic E-state index is 0. The maximum absolute atomic E-state index is 10.1. The van der Waals surface area contributed by atoms with Gasteiger partial charge in [-0.2, -0.15) is 8.42 Å². The molecule has 0 radical (unpaired) electrons. The number of aliphatic carboxylic acids is 4. The number of aliphatic hydroxyl groups is 2. The van der Waals surface area contributed by atoms with Gasteiger partial charge in [0.25, 0.3) is 0 Å². The minimum atomic E-state index is -5.17.